The second kappa shape index (κ2) is 7.40. The smallest absolute Gasteiger partial charge is 0.255 e. The van der Waals surface area contributed by atoms with Gasteiger partial charge in [0.25, 0.3) is 5.91 Å². The Bertz CT molecular complexity index is 587. The lowest BCUT2D eigenvalue weighted by Gasteiger charge is -2.17. The van der Waals surface area contributed by atoms with Crippen LogP contribution in [0.3, 0.4) is 0 Å². The first-order valence-corrected chi connectivity index (χ1v) is 6.77. The summed E-state index contributed by atoms with van der Waals surface area (Å²) >= 11 is 0. The number of carbonyl (C=O) groups excluding carboxylic acids is 1. The fourth-order valence-corrected chi connectivity index (χ4v) is 2.09. The topological polar surface area (TPSA) is 77.2 Å². The molecule has 1 aromatic carbocycles. The van der Waals surface area contributed by atoms with E-state index in [-0.39, 0.29) is 11.9 Å². The fourth-order valence-electron chi connectivity index (χ4n) is 2.09. The monoisotopic (exact) mass is 285 g/mol. The first-order valence-electron chi connectivity index (χ1n) is 6.77. The Morgan fingerprint density at radius 3 is 2.76 bits per heavy atom. The molecule has 0 radical (unpaired) electrons. The van der Waals surface area contributed by atoms with Crippen LogP contribution in [0.15, 0.2) is 48.8 Å². The van der Waals surface area contributed by atoms with Crippen molar-refractivity contribution in [1.82, 2.24) is 10.3 Å². The minimum absolute atomic E-state index is 0.127. The molecule has 1 unspecified atom stereocenters. The Balaban J connectivity index is 2.06. The van der Waals surface area contributed by atoms with Gasteiger partial charge in [0.1, 0.15) is 5.75 Å². The van der Waals surface area contributed by atoms with Gasteiger partial charge in [-0.3, -0.25) is 9.78 Å². The van der Waals surface area contributed by atoms with E-state index in [1.807, 2.05) is 30.3 Å². The van der Waals surface area contributed by atoms with Crippen LogP contribution in [0.2, 0.25) is 0 Å². The molecule has 5 heteroatoms. The molecular weight excluding hydrogens is 266 g/mol. The Kier molecular flexibility index (Phi) is 5.29. The Morgan fingerprint density at radius 2 is 2.10 bits per heavy atom. The van der Waals surface area contributed by atoms with Crippen molar-refractivity contribution in [3.8, 4) is 5.75 Å². The molecule has 1 aromatic heterocycles. The highest BCUT2D eigenvalue weighted by Gasteiger charge is 2.16. The summed E-state index contributed by atoms with van der Waals surface area (Å²) in [5.74, 6) is 0.242. The molecule has 1 heterocycles. The van der Waals surface area contributed by atoms with Gasteiger partial charge in [-0.25, -0.2) is 0 Å². The van der Waals surface area contributed by atoms with Crippen LogP contribution in [-0.4, -0.2) is 30.6 Å². The van der Waals surface area contributed by atoms with Gasteiger partial charge in [-0.05, 0) is 18.1 Å². The lowest BCUT2D eigenvalue weighted by molar-refractivity contribution is 0.0935. The summed E-state index contributed by atoms with van der Waals surface area (Å²) in [5, 5.41) is 2.93. The molecule has 110 valence electrons. The van der Waals surface area contributed by atoms with Crippen LogP contribution < -0.4 is 15.8 Å². The second-order valence-electron chi connectivity index (χ2n) is 4.67. The molecule has 0 aliphatic heterocycles. The first kappa shape index (κ1) is 15.0. The minimum Gasteiger partial charge on any atom is -0.494 e. The zero-order valence-electron chi connectivity index (χ0n) is 12.0. The number of carbonyl (C=O) groups is 1. The summed E-state index contributed by atoms with van der Waals surface area (Å²) in [6.07, 6.45) is 3.77. The molecule has 0 aliphatic rings. The van der Waals surface area contributed by atoms with Crippen LogP contribution in [0.1, 0.15) is 15.9 Å². The molecule has 3 N–H and O–H groups in total. The molecule has 2 aromatic rings. The maximum Gasteiger partial charge on any atom is 0.255 e. The fraction of sp³-hybridized carbons (Fsp3) is 0.250. The third-order valence-corrected chi connectivity index (χ3v) is 3.19. The van der Waals surface area contributed by atoms with Crippen LogP contribution in [0, 0.1) is 0 Å². The summed E-state index contributed by atoms with van der Waals surface area (Å²) in [6.45, 7) is 0.369. The van der Waals surface area contributed by atoms with Gasteiger partial charge < -0.3 is 15.8 Å². The number of ether oxygens (including phenoxy) is 1. The molecular formula is C16H19N3O2. The van der Waals surface area contributed by atoms with Crippen LogP contribution in [0.4, 0.5) is 0 Å². The molecule has 0 saturated heterocycles. The number of amides is 1. The van der Waals surface area contributed by atoms with Crippen molar-refractivity contribution in [3.05, 3.63) is 59.9 Å². The molecule has 21 heavy (non-hydrogen) atoms. The zero-order valence-corrected chi connectivity index (χ0v) is 12.0. The van der Waals surface area contributed by atoms with Gasteiger partial charge in [-0.15, -0.1) is 0 Å². The van der Waals surface area contributed by atoms with E-state index in [1.54, 1.807) is 12.3 Å². The Hall–Kier alpha value is -2.40. The maximum atomic E-state index is 12.3. The lowest BCUT2D eigenvalue weighted by atomic mass is 10.1. The van der Waals surface area contributed by atoms with Crippen molar-refractivity contribution < 1.29 is 9.53 Å². The van der Waals surface area contributed by atoms with Gasteiger partial charge in [0.05, 0.1) is 18.9 Å². The van der Waals surface area contributed by atoms with E-state index in [0.717, 1.165) is 5.56 Å². The molecule has 1 amide bonds. The quantitative estimate of drug-likeness (QED) is 0.841. The largest absolute Gasteiger partial charge is 0.494 e. The van der Waals surface area contributed by atoms with E-state index in [1.165, 1.54) is 13.3 Å². The number of rotatable bonds is 6. The number of benzene rings is 1. The molecule has 2 rings (SSSR count). The Labute approximate surface area is 124 Å². The van der Waals surface area contributed by atoms with Gasteiger partial charge in [0.2, 0.25) is 0 Å². The number of aromatic nitrogens is 1. The molecule has 0 fully saturated rings. The van der Waals surface area contributed by atoms with Crippen molar-refractivity contribution >= 4 is 5.91 Å². The number of methoxy groups -OCH3 is 1. The van der Waals surface area contributed by atoms with Gasteiger partial charge in [-0.1, -0.05) is 30.3 Å². The van der Waals surface area contributed by atoms with Crippen LogP contribution in [-0.2, 0) is 6.42 Å². The normalized spacial score (nSPS) is 11.7. The van der Waals surface area contributed by atoms with Crippen molar-refractivity contribution in [3.63, 3.8) is 0 Å². The van der Waals surface area contributed by atoms with Crippen molar-refractivity contribution in [2.45, 2.75) is 12.5 Å². The number of pyridine rings is 1. The molecule has 0 spiro atoms. The first-order chi connectivity index (χ1) is 10.2. The van der Waals surface area contributed by atoms with Crippen LogP contribution in [0.25, 0.3) is 0 Å². The number of nitrogens with zero attached hydrogens (tertiary/aromatic N) is 1. The Morgan fingerprint density at radius 1 is 1.33 bits per heavy atom. The predicted molar refractivity (Wildman–Crippen MR) is 81.2 cm³/mol. The molecule has 0 saturated carbocycles. The molecule has 0 aliphatic carbocycles. The maximum absolute atomic E-state index is 12.3. The van der Waals surface area contributed by atoms with E-state index < -0.39 is 0 Å². The molecule has 0 bridgehead atoms. The SMILES string of the molecule is COc1cnccc1C(=O)NC(CN)Cc1ccccc1. The standard InChI is InChI=1S/C16H19N3O2/c1-21-15-11-18-8-7-14(15)16(20)19-13(10-17)9-12-5-3-2-4-6-12/h2-8,11,13H,9-10,17H2,1H3,(H,19,20). The highest BCUT2D eigenvalue weighted by atomic mass is 16.5. The van der Waals surface area contributed by atoms with Crippen LogP contribution >= 0.6 is 0 Å². The summed E-state index contributed by atoms with van der Waals surface area (Å²) < 4.78 is 5.15. The number of hydrogen-bond acceptors (Lipinski definition) is 4. The van der Waals surface area contributed by atoms with E-state index in [9.17, 15) is 4.79 Å². The van der Waals surface area contributed by atoms with Gasteiger partial charge in [-0.2, -0.15) is 0 Å². The number of nitrogens with one attached hydrogen (secondary N) is 1. The number of nitrogens with two attached hydrogens (primary N) is 1. The minimum atomic E-state index is -0.208. The van der Waals surface area contributed by atoms with Crippen molar-refractivity contribution in [2.24, 2.45) is 5.73 Å². The van der Waals surface area contributed by atoms with E-state index >= 15 is 0 Å². The van der Waals surface area contributed by atoms with Crippen molar-refractivity contribution in [2.75, 3.05) is 13.7 Å². The van der Waals surface area contributed by atoms with E-state index in [0.29, 0.717) is 24.3 Å². The third kappa shape index (κ3) is 4.03. The van der Waals surface area contributed by atoms with Crippen LogP contribution in [0.5, 0.6) is 5.75 Å². The summed E-state index contributed by atoms with van der Waals surface area (Å²) in [5.41, 5.74) is 7.35. The van der Waals surface area contributed by atoms with Gasteiger partial charge in [0, 0.05) is 18.8 Å². The van der Waals surface area contributed by atoms with E-state index in [4.69, 9.17) is 10.5 Å². The van der Waals surface area contributed by atoms with Gasteiger partial charge >= 0.3 is 0 Å². The number of hydrogen-bond donors (Lipinski definition) is 2. The average molecular weight is 285 g/mol. The van der Waals surface area contributed by atoms with Gasteiger partial charge in [0.15, 0.2) is 0 Å². The average Bonchev–Trinajstić information content (AvgIpc) is 2.55. The summed E-state index contributed by atoms with van der Waals surface area (Å²) in [4.78, 5) is 16.2. The summed E-state index contributed by atoms with van der Waals surface area (Å²) in [6, 6.07) is 11.4. The molecule has 5 nitrogen and oxygen atoms in total. The zero-order chi connectivity index (χ0) is 15.1. The summed E-state index contributed by atoms with van der Waals surface area (Å²) in [7, 11) is 1.51. The predicted octanol–water partition coefficient (Wildman–Crippen LogP) is 1.39. The second-order valence-corrected chi connectivity index (χ2v) is 4.67. The van der Waals surface area contributed by atoms with Crippen molar-refractivity contribution in [1.29, 1.82) is 0 Å². The highest BCUT2D eigenvalue weighted by Crippen LogP contribution is 2.15. The third-order valence-electron chi connectivity index (χ3n) is 3.19. The lowest BCUT2D eigenvalue weighted by Crippen LogP contribution is -2.41. The molecule has 1 atom stereocenters. The highest BCUT2D eigenvalue weighted by molar-refractivity contribution is 5.96. The van der Waals surface area contributed by atoms with E-state index in [2.05, 4.69) is 10.3 Å².